The molecule has 8 heteroatoms. The molecule has 152 valence electrons. The van der Waals surface area contributed by atoms with Crippen LogP contribution in [-0.2, 0) is 0 Å². The highest BCUT2D eigenvalue weighted by molar-refractivity contribution is 7.71. The molecule has 1 heterocycles. The number of rotatable bonds is 9. The van der Waals surface area contributed by atoms with Crippen molar-refractivity contribution >= 4 is 18.4 Å². The average Bonchev–Trinajstić information content (AvgIpc) is 3.08. The Hall–Kier alpha value is -3.00. The maximum atomic E-state index is 13.6. The van der Waals surface area contributed by atoms with Crippen molar-refractivity contribution < 1.29 is 13.9 Å². The quantitative estimate of drug-likeness (QED) is 0.297. The van der Waals surface area contributed by atoms with Gasteiger partial charge in [-0.15, -0.1) is 0 Å². The van der Waals surface area contributed by atoms with Crippen LogP contribution in [-0.4, -0.2) is 34.3 Å². The molecular formula is C21H23FN4O2S. The molecule has 0 aliphatic heterocycles. The Morgan fingerprint density at radius 3 is 2.79 bits per heavy atom. The molecule has 0 aliphatic carbocycles. The second-order valence-electron chi connectivity index (χ2n) is 6.26. The van der Waals surface area contributed by atoms with Gasteiger partial charge in [0.25, 0.3) is 0 Å². The molecule has 3 rings (SSSR count). The van der Waals surface area contributed by atoms with E-state index in [2.05, 4.69) is 22.2 Å². The molecule has 0 bridgehead atoms. The van der Waals surface area contributed by atoms with E-state index in [1.54, 1.807) is 18.3 Å². The molecule has 0 radical (unpaired) electrons. The summed E-state index contributed by atoms with van der Waals surface area (Å²) in [5.74, 6) is 1.44. The number of benzene rings is 2. The molecule has 1 aromatic heterocycles. The van der Waals surface area contributed by atoms with Crippen molar-refractivity contribution in [3.8, 4) is 22.9 Å². The minimum Gasteiger partial charge on any atom is -0.490 e. The molecule has 0 atom stereocenters. The Kier molecular flexibility index (Phi) is 7.13. The lowest BCUT2D eigenvalue weighted by Crippen LogP contribution is -2.01. The van der Waals surface area contributed by atoms with E-state index in [1.165, 1.54) is 16.8 Å². The predicted molar refractivity (Wildman–Crippen MR) is 114 cm³/mol. The third-order valence-electron chi connectivity index (χ3n) is 4.08. The fourth-order valence-corrected chi connectivity index (χ4v) is 2.84. The molecule has 0 amide bonds. The van der Waals surface area contributed by atoms with Crippen molar-refractivity contribution in [3.05, 3.63) is 58.6 Å². The van der Waals surface area contributed by atoms with E-state index in [0.717, 1.165) is 18.4 Å². The van der Waals surface area contributed by atoms with Gasteiger partial charge in [-0.25, -0.2) is 9.49 Å². The van der Waals surface area contributed by atoms with Crippen molar-refractivity contribution in [2.75, 3.05) is 13.2 Å². The largest absolute Gasteiger partial charge is 0.490 e. The molecular weight excluding hydrogens is 391 g/mol. The fourth-order valence-electron chi connectivity index (χ4n) is 2.66. The summed E-state index contributed by atoms with van der Waals surface area (Å²) in [6.45, 7) is 5.21. The molecule has 0 aliphatic rings. The van der Waals surface area contributed by atoms with Gasteiger partial charge in [-0.2, -0.15) is 14.9 Å². The Morgan fingerprint density at radius 1 is 1.17 bits per heavy atom. The van der Waals surface area contributed by atoms with Gasteiger partial charge in [0.2, 0.25) is 4.77 Å². The van der Waals surface area contributed by atoms with Gasteiger partial charge in [-0.1, -0.05) is 25.5 Å². The zero-order chi connectivity index (χ0) is 20.6. The minimum absolute atomic E-state index is 0.310. The Bertz CT molecular complexity index is 1050. The third-order valence-corrected chi connectivity index (χ3v) is 4.34. The fraction of sp³-hybridized carbons (Fsp3) is 0.286. The molecule has 0 fully saturated rings. The number of nitrogens with one attached hydrogen (secondary N) is 1. The second kappa shape index (κ2) is 9.97. The van der Waals surface area contributed by atoms with Gasteiger partial charge in [0.05, 0.1) is 19.4 Å². The van der Waals surface area contributed by atoms with Crippen LogP contribution in [0.2, 0.25) is 0 Å². The maximum Gasteiger partial charge on any atom is 0.216 e. The van der Waals surface area contributed by atoms with Crippen LogP contribution in [0.4, 0.5) is 4.39 Å². The summed E-state index contributed by atoms with van der Waals surface area (Å²) in [7, 11) is 0. The average molecular weight is 415 g/mol. The number of aromatic nitrogens is 3. The number of H-pyrrole nitrogens is 1. The lowest BCUT2D eigenvalue weighted by molar-refractivity contribution is 0.272. The van der Waals surface area contributed by atoms with Crippen LogP contribution in [0.1, 0.15) is 32.3 Å². The molecule has 1 N–H and O–H groups in total. The topological polar surface area (TPSA) is 64.4 Å². The van der Waals surface area contributed by atoms with Crippen molar-refractivity contribution in [3.63, 3.8) is 0 Å². The van der Waals surface area contributed by atoms with Gasteiger partial charge in [-0.05, 0) is 61.5 Å². The molecule has 3 aromatic rings. The monoisotopic (exact) mass is 414 g/mol. The molecule has 0 spiro atoms. The normalized spacial score (nSPS) is 11.1. The van der Waals surface area contributed by atoms with Gasteiger partial charge < -0.3 is 9.47 Å². The smallest absolute Gasteiger partial charge is 0.216 e. The van der Waals surface area contributed by atoms with Crippen molar-refractivity contribution in [2.45, 2.75) is 26.7 Å². The van der Waals surface area contributed by atoms with Crippen LogP contribution in [0.25, 0.3) is 11.4 Å². The van der Waals surface area contributed by atoms with Crippen molar-refractivity contribution in [1.82, 2.24) is 14.9 Å². The number of hydrogen-bond acceptors (Lipinski definition) is 5. The Morgan fingerprint density at radius 2 is 2.03 bits per heavy atom. The Balaban J connectivity index is 1.87. The highest BCUT2D eigenvalue weighted by atomic mass is 32.1. The summed E-state index contributed by atoms with van der Waals surface area (Å²) in [6, 6.07) is 11.7. The standard InChI is InChI=1S/C21H23FN4O2S/c1-3-5-11-28-18-10-9-15(12-19(18)27-4-2)14-23-26-20(24-25-21(26)29)16-7-6-8-17(22)13-16/h6-10,12-14H,3-5,11H2,1-2H3,(H,25,29)/b23-14-. The lowest BCUT2D eigenvalue weighted by atomic mass is 10.2. The van der Waals surface area contributed by atoms with Gasteiger partial charge in [0.1, 0.15) is 5.82 Å². The van der Waals surface area contributed by atoms with E-state index in [-0.39, 0.29) is 5.82 Å². The van der Waals surface area contributed by atoms with Crippen molar-refractivity contribution in [1.29, 1.82) is 0 Å². The van der Waals surface area contributed by atoms with E-state index in [9.17, 15) is 4.39 Å². The molecule has 6 nitrogen and oxygen atoms in total. The SMILES string of the molecule is CCCCOc1ccc(/C=N\n2c(-c3cccc(F)c3)n[nH]c2=S)cc1OCC. The van der Waals surface area contributed by atoms with E-state index in [4.69, 9.17) is 21.7 Å². The molecule has 2 aromatic carbocycles. The van der Waals surface area contributed by atoms with Crippen LogP contribution in [0.15, 0.2) is 47.6 Å². The maximum absolute atomic E-state index is 13.6. The summed E-state index contributed by atoms with van der Waals surface area (Å²) in [6.07, 6.45) is 3.69. The van der Waals surface area contributed by atoms with Crippen molar-refractivity contribution in [2.24, 2.45) is 5.10 Å². The third kappa shape index (κ3) is 5.29. The number of unbranched alkanes of at least 4 members (excludes halogenated alkanes) is 1. The number of halogens is 1. The summed E-state index contributed by atoms with van der Waals surface area (Å²) < 4.78 is 26.8. The summed E-state index contributed by atoms with van der Waals surface area (Å²) in [4.78, 5) is 0. The van der Waals surface area contributed by atoms with Crippen LogP contribution >= 0.6 is 12.2 Å². The summed E-state index contributed by atoms with van der Waals surface area (Å²) in [5, 5.41) is 11.3. The van der Waals surface area contributed by atoms with Gasteiger partial charge >= 0.3 is 0 Å². The molecule has 0 saturated heterocycles. The molecule has 29 heavy (non-hydrogen) atoms. The minimum atomic E-state index is -0.355. The number of ether oxygens (including phenoxy) is 2. The van der Waals surface area contributed by atoms with Crippen LogP contribution in [0.3, 0.4) is 0 Å². The summed E-state index contributed by atoms with van der Waals surface area (Å²) >= 11 is 5.26. The number of hydrogen-bond donors (Lipinski definition) is 1. The first-order chi connectivity index (χ1) is 14.1. The number of nitrogens with zero attached hydrogens (tertiary/aromatic N) is 3. The van der Waals surface area contributed by atoms with Crippen LogP contribution in [0, 0.1) is 10.6 Å². The second-order valence-corrected chi connectivity index (χ2v) is 6.65. The van der Waals surface area contributed by atoms with Crippen LogP contribution in [0.5, 0.6) is 11.5 Å². The zero-order valence-corrected chi connectivity index (χ0v) is 17.2. The van der Waals surface area contributed by atoms with Crippen LogP contribution < -0.4 is 9.47 Å². The first kappa shape index (κ1) is 20.7. The Labute approximate surface area is 174 Å². The van der Waals surface area contributed by atoms with Gasteiger partial charge in [-0.3, -0.25) is 0 Å². The molecule has 0 unspecified atom stereocenters. The first-order valence-corrected chi connectivity index (χ1v) is 9.90. The van der Waals surface area contributed by atoms with Gasteiger partial charge in [0, 0.05) is 5.56 Å². The highest BCUT2D eigenvalue weighted by Gasteiger charge is 2.10. The summed E-state index contributed by atoms with van der Waals surface area (Å²) in [5.41, 5.74) is 1.38. The van der Waals surface area contributed by atoms with E-state index in [1.807, 2.05) is 25.1 Å². The zero-order valence-electron chi connectivity index (χ0n) is 16.4. The highest BCUT2D eigenvalue weighted by Crippen LogP contribution is 2.28. The van der Waals surface area contributed by atoms with Gasteiger partial charge in [0.15, 0.2) is 17.3 Å². The van der Waals surface area contributed by atoms with E-state index < -0.39 is 0 Å². The van der Waals surface area contributed by atoms with E-state index in [0.29, 0.717) is 40.9 Å². The first-order valence-electron chi connectivity index (χ1n) is 9.49. The predicted octanol–water partition coefficient (Wildman–Crippen LogP) is 5.21. The van der Waals surface area contributed by atoms with E-state index >= 15 is 0 Å². The lowest BCUT2D eigenvalue weighted by Gasteiger charge is -2.12. The number of aromatic amines is 1. The molecule has 0 saturated carbocycles.